The van der Waals surface area contributed by atoms with Gasteiger partial charge in [0.25, 0.3) is 0 Å². The summed E-state index contributed by atoms with van der Waals surface area (Å²) in [6, 6.07) is 11.6. The van der Waals surface area contributed by atoms with Crippen LogP contribution in [0.1, 0.15) is 18.7 Å². The van der Waals surface area contributed by atoms with Crippen LogP contribution in [0.15, 0.2) is 57.5 Å². The second-order valence-electron chi connectivity index (χ2n) is 6.94. The molecular formula is C21H19ClN4O2S2. The van der Waals surface area contributed by atoms with Gasteiger partial charge >= 0.3 is 0 Å². The van der Waals surface area contributed by atoms with Crippen LogP contribution in [-0.4, -0.2) is 32.5 Å². The smallest absolute Gasteiger partial charge is 0.205 e. The summed E-state index contributed by atoms with van der Waals surface area (Å²) < 4.78 is 13.9. The molecule has 1 aliphatic heterocycles. The van der Waals surface area contributed by atoms with Crippen molar-refractivity contribution in [3.05, 3.63) is 58.9 Å². The lowest BCUT2D eigenvalue weighted by Gasteiger charge is -2.13. The molecule has 1 aliphatic rings. The Hall–Kier alpha value is -2.13. The fourth-order valence-corrected chi connectivity index (χ4v) is 5.04. The molecule has 1 aromatic carbocycles. The van der Waals surface area contributed by atoms with E-state index in [4.69, 9.17) is 20.8 Å². The highest BCUT2D eigenvalue weighted by atomic mass is 35.5. The molecular weight excluding hydrogens is 440 g/mol. The van der Waals surface area contributed by atoms with Crippen molar-refractivity contribution in [3.63, 3.8) is 0 Å². The molecule has 4 aromatic rings. The fraction of sp³-hybridized carbons (Fsp3) is 0.286. The van der Waals surface area contributed by atoms with Crippen LogP contribution in [0.25, 0.3) is 22.0 Å². The van der Waals surface area contributed by atoms with Gasteiger partial charge in [-0.05, 0) is 48.6 Å². The van der Waals surface area contributed by atoms with Crippen LogP contribution in [0.2, 0.25) is 5.02 Å². The molecule has 1 unspecified atom stereocenters. The first kappa shape index (κ1) is 19.8. The van der Waals surface area contributed by atoms with Crippen molar-refractivity contribution < 1.29 is 9.15 Å². The predicted octanol–water partition coefficient (Wildman–Crippen LogP) is 5.79. The summed E-state index contributed by atoms with van der Waals surface area (Å²) in [4.78, 5) is 5.52. The van der Waals surface area contributed by atoms with Crippen LogP contribution in [0.5, 0.6) is 0 Å². The van der Waals surface area contributed by atoms with E-state index in [1.807, 2.05) is 30.3 Å². The van der Waals surface area contributed by atoms with Gasteiger partial charge in [-0.2, -0.15) is 0 Å². The minimum Gasteiger partial charge on any atom is -0.440 e. The van der Waals surface area contributed by atoms with Crippen LogP contribution >= 0.6 is 34.7 Å². The van der Waals surface area contributed by atoms with Crippen molar-refractivity contribution in [1.82, 2.24) is 19.7 Å². The Morgan fingerprint density at radius 2 is 2.10 bits per heavy atom. The summed E-state index contributed by atoms with van der Waals surface area (Å²) in [5, 5.41) is 12.5. The standard InChI is InChI=1S/C21H19ClN4O2S2/c22-15-7-5-14(6-8-15)17-11-23-19(28-17)13-30-21-25-24-20(18-4-2-10-29-18)26(21)12-16-3-1-9-27-16/h2,4-8,10-11,16H,1,3,9,12-13H2. The number of halogens is 1. The molecule has 154 valence electrons. The van der Waals surface area contributed by atoms with Crippen LogP contribution < -0.4 is 0 Å². The Labute approximate surface area is 187 Å². The van der Waals surface area contributed by atoms with Gasteiger partial charge in [-0.1, -0.05) is 29.4 Å². The average Bonchev–Trinajstić information content (AvgIpc) is 3.55. The van der Waals surface area contributed by atoms with E-state index in [9.17, 15) is 0 Å². The summed E-state index contributed by atoms with van der Waals surface area (Å²) in [6.07, 6.45) is 4.12. The number of thiophene rings is 1. The zero-order valence-electron chi connectivity index (χ0n) is 16.0. The molecule has 3 aromatic heterocycles. The molecule has 6 nitrogen and oxygen atoms in total. The molecule has 4 heterocycles. The van der Waals surface area contributed by atoms with E-state index >= 15 is 0 Å². The van der Waals surface area contributed by atoms with Crippen molar-refractivity contribution >= 4 is 34.7 Å². The third kappa shape index (κ3) is 4.32. The normalized spacial score (nSPS) is 16.4. The zero-order valence-corrected chi connectivity index (χ0v) is 18.4. The molecule has 0 N–H and O–H groups in total. The lowest BCUT2D eigenvalue weighted by molar-refractivity contribution is 0.0953. The van der Waals surface area contributed by atoms with Gasteiger partial charge in [0.15, 0.2) is 16.7 Å². The van der Waals surface area contributed by atoms with Crippen molar-refractivity contribution in [1.29, 1.82) is 0 Å². The highest BCUT2D eigenvalue weighted by Gasteiger charge is 2.22. The van der Waals surface area contributed by atoms with Gasteiger partial charge in [0.2, 0.25) is 5.89 Å². The second kappa shape index (κ2) is 8.93. The molecule has 30 heavy (non-hydrogen) atoms. The van der Waals surface area contributed by atoms with Crippen LogP contribution in [0.4, 0.5) is 0 Å². The maximum absolute atomic E-state index is 5.96. The van der Waals surface area contributed by atoms with Gasteiger partial charge in [0.1, 0.15) is 0 Å². The fourth-order valence-electron chi connectivity index (χ4n) is 3.39. The Morgan fingerprint density at radius 1 is 1.20 bits per heavy atom. The Morgan fingerprint density at radius 3 is 2.87 bits per heavy atom. The minimum absolute atomic E-state index is 0.206. The first-order chi connectivity index (χ1) is 14.8. The molecule has 0 aliphatic carbocycles. The third-order valence-corrected chi connectivity index (χ3v) is 6.94. The van der Waals surface area contributed by atoms with E-state index < -0.39 is 0 Å². The SMILES string of the molecule is Clc1ccc(-c2cnc(CSc3nnc(-c4cccs4)n3CC3CCCO3)o2)cc1. The summed E-state index contributed by atoms with van der Waals surface area (Å²) in [5.41, 5.74) is 0.949. The topological polar surface area (TPSA) is 66.0 Å². The predicted molar refractivity (Wildman–Crippen MR) is 119 cm³/mol. The van der Waals surface area contributed by atoms with Crippen molar-refractivity contribution in [3.8, 4) is 22.0 Å². The zero-order chi connectivity index (χ0) is 20.3. The maximum atomic E-state index is 5.96. The molecule has 0 saturated carbocycles. The van der Waals surface area contributed by atoms with Crippen molar-refractivity contribution in [2.75, 3.05) is 6.61 Å². The number of benzene rings is 1. The van der Waals surface area contributed by atoms with Gasteiger partial charge in [-0.25, -0.2) is 4.98 Å². The quantitative estimate of drug-likeness (QED) is 0.327. The number of hydrogen-bond donors (Lipinski definition) is 0. The van der Waals surface area contributed by atoms with E-state index in [0.717, 1.165) is 53.2 Å². The first-order valence-electron chi connectivity index (χ1n) is 9.68. The Kier molecular flexibility index (Phi) is 5.90. The Bertz CT molecular complexity index is 1100. The molecule has 1 saturated heterocycles. The van der Waals surface area contributed by atoms with Crippen molar-refractivity contribution in [2.45, 2.75) is 36.4 Å². The Balaban J connectivity index is 1.34. The summed E-state index contributed by atoms with van der Waals surface area (Å²) >= 11 is 9.20. The highest BCUT2D eigenvalue weighted by Crippen LogP contribution is 2.31. The molecule has 0 amide bonds. The van der Waals surface area contributed by atoms with Gasteiger partial charge in [-0.15, -0.1) is 21.5 Å². The number of oxazole rings is 1. The van der Waals surface area contributed by atoms with E-state index in [0.29, 0.717) is 16.7 Å². The first-order valence-corrected chi connectivity index (χ1v) is 11.9. The van der Waals surface area contributed by atoms with Gasteiger partial charge in [0.05, 0.1) is 29.5 Å². The highest BCUT2D eigenvalue weighted by molar-refractivity contribution is 7.98. The van der Waals surface area contributed by atoms with E-state index in [-0.39, 0.29) is 6.10 Å². The minimum atomic E-state index is 0.206. The van der Waals surface area contributed by atoms with E-state index in [2.05, 4.69) is 31.2 Å². The van der Waals surface area contributed by atoms with Gasteiger partial charge in [-0.3, -0.25) is 4.57 Å². The average molecular weight is 459 g/mol. The summed E-state index contributed by atoms with van der Waals surface area (Å²) in [5.74, 6) is 2.83. The number of aromatic nitrogens is 4. The third-order valence-electron chi connectivity index (χ3n) is 4.88. The summed E-state index contributed by atoms with van der Waals surface area (Å²) in [7, 11) is 0. The number of rotatable bonds is 7. The molecule has 9 heteroatoms. The number of hydrogen-bond acceptors (Lipinski definition) is 7. The van der Waals surface area contributed by atoms with Gasteiger partial charge < -0.3 is 9.15 Å². The maximum Gasteiger partial charge on any atom is 0.205 e. The molecule has 1 fully saturated rings. The van der Waals surface area contributed by atoms with Gasteiger partial charge in [0, 0.05) is 17.2 Å². The number of thioether (sulfide) groups is 1. The van der Waals surface area contributed by atoms with Crippen molar-refractivity contribution in [2.24, 2.45) is 0 Å². The molecule has 5 rings (SSSR count). The lowest BCUT2D eigenvalue weighted by atomic mass is 10.2. The lowest BCUT2D eigenvalue weighted by Crippen LogP contribution is -2.16. The van der Waals surface area contributed by atoms with Crippen LogP contribution in [0, 0.1) is 0 Å². The summed E-state index contributed by atoms with van der Waals surface area (Å²) in [6.45, 7) is 1.58. The second-order valence-corrected chi connectivity index (χ2v) is 9.27. The molecule has 0 bridgehead atoms. The van der Waals surface area contributed by atoms with E-state index in [1.165, 1.54) is 0 Å². The molecule has 1 atom stereocenters. The number of nitrogens with zero attached hydrogens (tertiary/aromatic N) is 4. The molecule has 0 radical (unpaired) electrons. The van der Waals surface area contributed by atoms with Crippen LogP contribution in [-0.2, 0) is 17.0 Å². The largest absolute Gasteiger partial charge is 0.440 e. The number of ether oxygens (including phenoxy) is 1. The monoisotopic (exact) mass is 458 g/mol. The van der Waals surface area contributed by atoms with Crippen LogP contribution in [0.3, 0.4) is 0 Å². The van der Waals surface area contributed by atoms with E-state index in [1.54, 1.807) is 29.3 Å². The molecule has 0 spiro atoms.